The Labute approximate surface area is 74.9 Å². The van der Waals surface area contributed by atoms with Gasteiger partial charge in [-0.1, -0.05) is 26.2 Å². The number of terminal acetylenes is 1. The Morgan fingerprint density at radius 1 is 1.50 bits per heavy atom. The summed E-state index contributed by atoms with van der Waals surface area (Å²) >= 11 is 0. The van der Waals surface area contributed by atoms with Gasteiger partial charge in [-0.2, -0.15) is 0 Å². The summed E-state index contributed by atoms with van der Waals surface area (Å²) in [6, 6.07) is 0. The Bertz CT molecular complexity index is 129. The number of hydrogen-bond donors (Lipinski definition) is 1. The van der Waals surface area contributed by atoms with Crippen molar-refractivity contribution in [3.63, 3.8) is 0 Å². The molecule has 2 heteroatoms. The zero-order valence-electron chi connectivity index (χ0n) is 7.92. The number of ether oxygens (including phenoxy) is 1. The molecule has 2 unspecified atom stereocenters. The third kappa shape index (κ3) is 5.17. The molecule has 0 aromatic carbocycles. The van der Waals surface area contributed by atoms with Crippen LogP contribution in [0.4, 0.5) is 0 Å². The maximum atomic E-state index is 8.93. The molecule has 1 saturated heterocycles. The van der Waals surface area contributed by atoms with Crippen LogP contribution in [0.2, 0.25) is 0 Å². The second kappa shape index (κ2) is 7.15. The molecule has 2 nitrogen and oxygen atoms in total. The van der Waals surface area contributed by atoms with Crippen LogP contribution in [-0.2, 0) is 4.74 Å². The molecule has 70 valence electrons. The zero-order valence-corrected chi connectivity index (χ0v) is 7.92. The molecule has 0 aromatic heterocycles. The highest BCUT2D eigenvalue weighted by atomic mass is 16.5. The van der Waals surface area contributed by atoms with Gasteiger partial charge in [0.1, 0.15) is 6.10 Å². The molecule has 0 aliphatic carbocycles. The van der Waals surface area contributed by atoms with Crippen LogP contribution >= 0.6 is 0 Å². The lowest BCUT2D eigenvalue weighted by Crippen LogP contribution is -2.27. The summed E-state index contributed by atoms with van der Waals surface area (Å²) in [6.45, 7) is 4.65. The van der Waals surface area contributed by atoms with Crippen molar-refractivity contribution in [2.75, 3.05) is 6.61 Å². The van der Waals surface area contributed by atoms with Gasteiger partial charge in [0.2, 0.25) is 0 Å². The van der Waals surface area contributed by atoms with Gasteiger partial charge in [-0.05, 0) is 12.8 Å². The minimum Gasteiger partial charge on any atom is -0.391 e. The topological polar surface area (TPSA) is 29.5 Å². The van der Waals surface area contributed by atoms with E-state index in [-0.39, 0.29) is 12.2 Å². The van der Waals surface area contributed by atoms with Crippen molar-refractivity contribution in [3.05, 3.63) is 0 Å². The van der Waals surface area contributed by atoms with Gasteiger partial charge in [0, 0.05) is 0 Å². The molecule has 1 heterocycles. The minimum absolute atomic E-state index is 0.0617. The van der Waals surface area contributed by atoms with Gasteiger partial charge in [-0.25, -0.2) is 0 Å². The van der Waals surface area contributed by atoms with Gasteiger partial charge in [0.25, 0.3) is 0 Å². The van der Waals surface area contributed by atoms with Crippen LogP contribution in [0.1, 0.15) is 33.1 Å². The number of hydrogen-bond acceptors (Lipinski definition) is 2. The van der Waals surface area contributed by atoms with E-state index in [1.807, 2.05) is 0 Å². The molecule has 0 amide bonds. The standard InChI is InChI=1S/C7H10O2.C3H8/c1-2-7-4-3-6(8)5-9-7;1-3-2/h1,6-8H,3-5H2;3H2,1-2H3. The monoisotopic (exact) mass is 170 g/mol. The largest absolute Gasteiger partial charge is 0.391 e. The molecule has 0 radical (unpaired) electrons. The Kier molecular flexibility index (Phi) is 6.84. The summed E-state index contributed by atoms with van der Waals surface area (Å²) < 4.78 is 5.05. The normalized spacial score (nSPS) is 28.2. The summed E-state index contributed by atoms with van der Waals surface area (Å²) in [5, 5.41) is 8.93. The second-order valence-corrected chi connectivity index (χ2v) is 2.93. The summed E-state index contributed by atoms with van der Waals surface area (Å²) in [5.74, 6) is 2.49. The predicted octanol–water partition coefficient (Wildman–Crippen LogP) is 1.58. The van der Waals surface area contributed by atoms with Gasteiger partial charge in [-0.15, -0.1) is 6.42 Å². The highest BCUT2D eigenvalue weighted by Gasteiger charge is 2.16. The first-order chi connectivity index (χ1) is 5.74. The molecule has 0 aromatic rings. The first kappa shape index (κ1) is 11.5. The third-order valence-electron chi connectivity index (χ3n) is 1.44. The molecule has 2 atom stereocenters. The van der Waals surface area contributed by atoms with E-state index in [1.165, 1.54) is 6.42 Å². The van der Waals surface area contributed by atoms with Crippen LogP contribution in [0.5, 0.6) is 0 Å². The lowest BCUT2D eigenvalue weighted by atomic mass is 10.1. The molecular formula is C10H18O2. The molecule has 1 N–H and O–H groups in total. The van der Waals surface area contributed by atoms with E-state index in [0.29, 0.717) is 6.61 Å². The van der Waals surface area contributed by atoms with E-state index in [9.17, 15) is 0 Å². The molecule has 1 aliphatic heterocycles. The highest BCUT2D eigenvalue weighted by molar-refractivity contribution is 4.96. The maximum absolute atomic E-state index is 8.93. The van der Waals surface area contributed by atoms with Crippen molar-refractivity contribution in [2.45, 2.75) is 45.3 Å². The number of aliphatic hydroxyl groups is 1. The quantitative estimate of drug-likeness (QED) is 0.559. The van der Waals surface area contributed by atoms with Crippen molar-refractivity contribution in [2.24, 2.45) is 0 Å². The summed E-state index contributed by atoms with van der Waals surface area (Å²) in [6.07, 6.45) is 7.55. The minimum atomic E-state index is -0.297. The van der Waals surface area contributed by atoms with Crippen molar-refractivity contribution in [3.8, 4) is 12.3 Å². The third-order valence-corrected chi connectivity index (χ3v) is 1.44. The summed E-state index contributed by atoms with van der Waals surface area (Å²) in [7, 11) is 0. The van der Waals surface area contributed by atoms with Crippen molar-refractivity contribution in [1.82, 2.24) is 0 Å². The van der Waals surface area contributed by atoms with Crippen LogP contribution in [0.25, 0.3) is 0 Å². The number of rotatable bonds is 0. The maximum Gasteiger partial charge on any atom is 0.118 e. The van der Waals surface area contributed by atoms with E-state index in [0.717, 1.165) is 12.8 Å². The number of aliphatic hydroxyl groups excluding tert-OH is 1. The fourth-order valence-corrected chi connectivity index (χ4v) is 0.869. The van der Waals surface area contributed by atoms with Crippen molar-refractivity contribution < 1.29 is 9.84 Å². The van der Waals surface area contributed by atoms with E-state index in [2.05, 4.69) is 19.8 Å². The van der Waals surface area contributed by atoms with Gasteiger partial charge in [0.05, 0.1) is 12.7 Å². The molecule has 1 rings (SSSR count). The van der Waals surface area contributed by atoms with Crippen LogP contribution in [-0.4, -0.2) is 23.9 Å². The fourth-order valence-electron chi connectivity index (χ4n) is 0.869. The van der Waals surface area contributed by atoms with E-state index in [1.54, 1.807) is 0 Å². The molecule has 0 spiro atoms. The van der Waals surface area contributed by atoms with Crippen molar-refractivity contribution >= 4 is 0 Å². The average molecular weight is 170 g/mol. The van der Waals surface area contributed by atoms with Gasteiger partial charge < -0.3 is 9.84 Å². The Morgan fingerprint density at radius 2 is 2.08 bits per heavy atom. The Balaban J connectivity index is 0.000000354. The summed E-state index contributed by atoms with van der Waals surface area (Å²) in [4.78, 5) is 0. The summed E-state index contributed by atoms with van der Waals surface area (Å²) in [5.41, 5.74) is 0. The second-order valence-electron chi connectivity index (χ2n) is 2.93. The van der Waals surface area contributed by atoms with Gasteiger partial charge in [0.15, 0.2) is 0 Å². The van der Waals surface area contributed by atoms with E-state index in [4.69, 9.17) is 16.3 Å². The molecular weight excluding hydrogens is 152 g/mol. The predicted molar refractivity (Wildman–Crippen MR) is 49.8 cm³/mol. The smallest absolute Gasteiger partial charge is 0.118 e. The highest BCUT2D eigenvalue weighted by Crippen LogP contribution is 2.11. The van der Waals surface area contributed by atoms with E-state index < -0.39 is 0 Å². The zero-order chi connectivity index (χ0) is 9.40. The van der Waals surface area contributed by atoms with Gasteiger partial charge >= 0.3 is 0 Å². The molecule has 0 saturated carbocycles. The lowest BCUT2D eigenvalue weighted by molar-refractivity contribution is -0.0321. The first-order valence-corrected chi connectivity index (χ1v) is 4.50. The van der Waals surface area contributed by atoms with Crippen LogP contribution in [0.15, 0.2) is 0 Å². The SMILES string of the molecule is C#CC1CCC(O)CO1.CCC. The lowest BCUT2D eigenvalue weighted by Gasteiger charge is -2.21. The molecule has 1 fully saturated rings. The van der Waals surface area contributed by atoms with Crippen LogP contribution < -0.4 is 0 Å². The molecule has 0 bridgehead atoms. The van der Waals surface area contributed by atoms with Crippen LogP contribution in [0.3, 0.4) is 0 Å². The Morgan fingerprint density at radius 3 is 2.42 bits per heavy atom. The average Bonchev–Trinajstić information content (AvgIpc) is 2.07. The van der Waals surface area contributed by atoms with Crippen LogP contribution in [0, 0.1) is 12.3 Å². The van der Waals surface area contributed by atoms with Gasteiger partial charge in [-0.3, -0.25) is 0 Å². The molecule has 12 heavy (non-hydrogen) atoms. The fraction of sp³-hybridized carbons (Fsp3) is 0.800. The molecule has 1 aliphatic rings. The Hall–Kier alpha value is -0.520. The first-order valence-electron chi connectivity index (χ1n) is 4.50. The van der Waals surface area contributed by atoms with E-state index >= 15 is 0 Å². The van der Waals surface area contributed by atoms with Crippen molar-refractivity contribution in [1.29, 1.82) is 0 Å².